The highest BCUT2D eigenvalue weighted by Gasteiger charge is 2.10. The maximum absolute atomic E-state index is 9.05. The van der Waals surface area contributed by atoms with Gasteiger partial charge >= 0.3 is 0 Å². The Bertz CT molecular complexity index is 667. The van der Waals surface area contributed by atoms with Crippen LogP contribution in [-0.4, -0.2) is 10.6 Å². The van der Waals surface area contributed by atoms with Crippen molar-refractivity contribution in [1.29, 1.82) is 5.26 Å². The van der Waals surface area contributed by atoms with E-state index >= 15 is 0 Å². The zero-order valence-electron chi connectivity index (χ0n) is 12.7. The van der Waals surface area contributed by atoms with Gasteiger partial charge in [-0.15, -0.1) is 0 Å². The van der Waals surface area contributed by atoms with Crippen LogP contribution in [0.25, 0.3) is 0 Å². The van der Waals surface area contributed by atoms with Crippen LogP contribution in [0.3, 0.4) is 0 Å². The summed E-state index contributed by atoms with van der Waals surface area (Å²) in [7, 11) is 1.92. The van der Waals surface area contributed by atoms with Crippen LogP contribution in [0.4, 0.5) is 0 Å². The Morgan fingerprint density at radius 2 is 2.14 bits per heavy atom. The minimum Gasteiger partial charge on any atom is -0.340 e. The van der Waals surface area contributed by atoms with Crippen LogP contribution in [0, 0.1) is 18.3 Å². The van der Waals surface area contributed by atoms with Gasteiger partial charge in [-0.3, -0.25) is 0 Å². The monoisotopic (exact) mass is 301 g/mol. The zero-order valence-corrected chi connectivity index (χ0v) is 13.4. The summed E-state index contributed by atoms with van der Waals surface area (Å²) in [6, 6.07) is 12.5. The summed E-state index contributed by atoms with van der Waals surface area (Å²) < 4.78 is 1.93. The highest BCUT2D eigenvalue weighted by molar-refractivity contribution is 6.30. The maximum atomic E-state index is 9.05. The van der Waals surface area contributed by atoms with Crippen molar-refractivity contribution >= 4 is 11.6 Å². The summed E-state index contributed by atoms with van der Waals surface area (Å²) in [5, 5.41) is 13.3. The van der Waals surface area contributed by atoms with Crippen molar-refractivity contribution in [3.63, 3.8) is 0 Å². The molecule has 21 heavy (non-hydrogen) atoms. The van der Waals surface area contributed by atoms with E-state index in [9.17, 15) is 0 Å². The predicted octanol–water partition coefficient (Wildman–Crippen LogP) is 3.58. The molecule has 1 heterocycles. The lowest BCUT2D eigenvalue weighted by Crippen LogP contribution is -2.27. The quantitative estimate of drug-likeness (QED) is 0.917. The summed E-state index contributed by atoms with van der Waals surface area (Å²) in [6.45, 7) is 4.97. The van der Waals surface area contributed by atoms with Crippen LogP contribution in [-0.2, 0) is 20.0 Å². The predicted molar refractivity (Wildman–Crippen MR) is 86.3 cm³/mol. The van der Waals surface area contributed by atoms with Crippen LogP contribution in [0.15, 0.2) is 30.3 Å². The Hall–Kier alpha value is -1.76. The van der Waals surface area contributed by atoms with Crippen LogP contribution < -0.4 is 5.32 Å². The Morgan fingerprint density at radius 1 is 1.38 bits per heavy atom. The van der Waals surface area contributed by atoms with Crippen molar-refractivity contribution in [3.05, 3.63) is 57.9 Å². The number of hydrogen-bond donors (Lipinski definition) is 1. The first-order valence-electron chi connectivity index (χ1n) is 7.04. The summed E-state index contributed by atoms with van der Waals surface area (Å²) >= 11 is 6.00. The fraction of sp³-hybridized carbons (Fsp3) is 0.353. The van der Waals surface area contributed by atoms with Gasteiger partial charge in [-0.25, -0.2) is 0 Å². The van der Waals surface area contributed by atoms with E-state index in [0.29, 0.717) is 11.7 Å². The van der Waals surface area contributed by atoms with Gasteiger partial charge in [-0.2, -0.15) is 5.26 Å². The average Bonchev–Trinajstić information content (AvgIpc) is 2.72. The molecule has 0 spiro atoms. The molecule has 0 aliphatic heterocycles. The third-order valence-corrected chi connectivity index (χ3v) is 4.06. The molecule has 2 rings (SSSR count). The van der Waals surface area contributed by atoms with E-state index in [1.165, 1.54) is 11.1 Å². The SMILES string of the molecule is Cc1c(CNC(C)Cc2cccc(Cl)c2)cc(C#N)n1C. The number of nitrogens with one attached hydrogen (secondary N) is 1. The molecule has 0 radical (unpaired) electrons. The number of benzene rings is 1. The molecular formula is C17H20ClN3. The van der Waals surface area contributed by atoms with E-state index in [0.717, 1.165) is 23.7 Å². The molecule has 1 atom stereocenters. The van der Waals surface area contributed by atoms with Crippen molar-refractivity contribution in [1.82, 2.24) is 9.88 Å². The molecule has 0 saturated carbocycles. The van der Waals surface area contributed by atoms with Crippen molar-refractivity contribution in [2.75, 3.05) is 0 Å². The standard InChI is InChI=1S/C17H20ClN3/c1-12(7-14-5-4-6-16(18)8-14)20-11-15-9-17(10-19)21(3)13(15)2/h4-6,8-9,12,20H,7,11H2,1-3H3. The molecule has 1 aromatic carbocycles. The highest BCUT2D eigenvalue weighted by Crippen LogP contribution is 2.15. The summed E-state index contributed by atoms with van der Waals surface area (Å²) in [4.78, 5) is 0. The van der Waals surface area contributed by atoms with Crippen molar-refractivity contribution in [2.45, 2.75) is 32.9 Å². The maximum Gasteiger partial charge on any atom is 0.120 e. The van der Waals surface area contributed by atoms with Gasteiger partial charge in [0.2, 0.25) is 0 Å². The number of nitriles is 1. The fourth-order valence-corrected chi connectivity index (χ4v) is 2.64. The molecule has 0 bridgehead atoms. The largest absolute Gasteiger partial charge is 0.340 e. The van der Waals surface area contributed by atoms with Crippen LogP contribution in [0.1, 0.15) is 29.4 Å². The molecule has 1 unspecified atom stereocenters. The summed E-state index contributed by atoms with van der Waals surface area (Å²) in [5.74, 6) is 0. The van der Waals surface area contributed by atoms with Gasteiger partial charge in [0, 0.05) is 30.4 Å². The normalized spacial score (nSPS) is 12.1. The van der Waals surface area contributed by atoms with Gasteiger partial charge in [0.1, 0.15) is 11.8 Å². The lowest BCUT2D eigenvalue weighted by Gasteiger charge is -2.14. The second-order valence-corrected chi connectivity index (χ2v) is 5.86. The minimum atomic E-state index is 0.341. The Kier molecular flexibility index (Phi) is 5.06. The van der Waals surface area contributed by atoms with Crippen molar-refractivity contribution < 1.29 is 0 Å². The first kappa shape index (κ1) is 15.6. The molecule has 0 saturated heterocycles. The van der Waals surface area contributed by atoms with Gasteiger partial charge < -0.3 is 9.88 Å². The Balaban J connectivity index is 1.95. The molecule has 110 valence electrons. The molecule has 2 aromatic rings. The smallest absolute Gasteiger partial charge is 0.120 e. The average molecular weight is 302 g/mol. The van der Waals surface area contributed by atoms with Crippen LogP contribution >= 0.6 is 11.6 Å². The third kappa shape index (κ3) is 3.87. The number of hydrogen-bond acceptors (Lipinski definition) is 2. The van der Waals surface area contributed by atoms with Crippen LogP contribution in [0.2, 0.25) is 5.02 Å². The van der Waals surface area contributed by atoms with Crippen LogP contribution in [0.5, 0.6) is 0 Å². The molecule has 0 aliphatic carbocycles. The minimum absolute atomic E-state index is 0.341. The Morgan fingerprint density at radius 3 is 2.76 bits per heavy atom. The highest BCUT2D eigenvalue weighted by atomic mass is 35.5. The first-order chi connectivity index (χ1) is 10.0. The lowest BCUT2D eigenvalue weighted by molar-refractivity contribution is 0.544. The molecular weight excluding hydrogens is 282 g/mol. The zero-order chi connectivity index (χ0) is 15.4. The van der Waals surface area contributed by atoms with E-state index in [1.54, 1.807) is 0 Å². The van der Waals surface area contributed by atoms with Gasteiger partial charge in [-0.1, -0.05) is 23.7 Å². The number of nitrogens with zero attached hydrogens (tertiary/aromatic N) is 2. The lowest BCUT2D eigenvalue weighted by atomic mass is 10.1. The molecule has 0 fully saturated rings. The van der Waals surface area contributed by atoms with Crippen molar-refractivity contribution in [2.24, 2.45) is 7.05 Å². The van der Waals surface area contributed by atoms with Gasteiger partial charge in [0.25, 0.3) is 0 Å². The van der Waals surface area contributed by atoms with E-state index in [4.69, 9.17) is 16.9 Å². The molecule has 1 N–H and O–H groups in total. The first-order valence-corrected chi connectivity index (χ1v) is 7.42. The fourth-order valence-electron chi connectivity index (χ4n) is 2.42. The van der Waals surface area contributed by atoms with Gasteiger partial charge in [-0.05, 0) is 49.6 Å². The van der Waals surface area contributed by atoms with Gasteiger partial charge in [0.15, 0.2) is 0 Å². The second kappa shape index (κ2) is 6.80. The van der Waals surface area contributed by atoms with Gasteiger partial charge in [0.05, 0.1) is 0 Å². The molecule has 0 amide bonds. The molecule has 4 heteroatoms. The molecule has 0 aliphatic rings. The van der Waals surface area contributed by atoms with E-state index in [2.05, 4.69) is 24.4 Å². The second-order valence-electron chi connectivity index (χ2n) is 5.43. The number of aromatic nitrogens is 1. The van der Waals surface area contributed by atoms with E-state index in [-0.39, 0.29) is 0 Å². The van der Waals surface area contributed by atoms with E-state index < -0.39 is 0 Å². The summed E-state index contributed by atoms with van der Waals surface area (Å²) in [6.07, 6.45) is 0.928. The molecule has 3 nitrogen and oxygen atoms in total. The number of halogens is 1. The van der Waals surface area contributed by atoms with E-state index in [1.807, 2.05) is 42.8 Å². The third-order valence-electron chi connectivity index (χ3n) is 3.83. The number of rotatable bonds is 5. The van der Waals surface area contributed by atoms with Crippen molar-refractivity contribution in [3.8, 4) is 6.07 Å². The molecule has 1 aromatic heterocycles. The Labute approximate surface area is 131 Å². The topological polar surface area (TPSA) is 40.8 Å². The summed E-state index contributed by atoms with van der Waals surface area (Å²) in [5.41, 5.74) is 4.23.